The number of carbonyl (C=O) groups excluding carboxylic acids is 1. The summed E-state index contributed by atoms with van der Waals surface area (Å²) >= 11 is 5.78. The predicted octanol–water partition coefficient (Wildman–Crippen LogP) is 2.81. The highest BCUT2D eigenvalue weighted by Crippen LogP contribution is 2.31. The Kier molecular flexibility index (Phi) is 4.89. The lowest BCUT2D eigenvalue weighted by Gasteiger charge is -2.28. The van der Waals surface area contributed by atoms with Gasteiger partial charge in [0, 0.05) is 17.6 Å². The van der Waals surface area contributed by atoms with Gasteiger partial charge in [0.05, 0.1) is 5.41 Å². The second-order valence-corrected chi connectivity index (χ2v) is 5.40. The number of nitrogens with one attached hydrogen (secondary N) is 1. The van der Waals surface area contributed by atoms with Gasteiger partial charge >= 0.3 is 5.97 Å². The van der Waals surface area contributed by atoms with Gasteiger partial charge in [-0.1, -0.05) is 25.4 Å². The van der Waals surface area contributed by atoms with E-state index in [1.54, 1.807) is 26.8 Å². The van der Waals surface area contributed by atoms with E-state index in [1.165, 1.54) is 12.3 Å². The maximum Gasteiger partial charge on any atom is 0.310 e. The van der Waals surface area contributed by atoms with Gasteiger partial charge < -0.3 is 10.4 Å². The highest BCUT2D eigenvalue weighted by molar-refractivity contribution is 6.30. The van der Waals surface area contributed by atoms with Crippen LogP contribution in [0.4, 0.5) is 5.82 Å². The summed E-state index contributed by atoms with van der Waals surface area (Å²) in [5.41, 5.74) is -1.11. The van der Waals surface area contributed by atoms with Gasteiger partial charge in [-0.25, -0.2) is 4.98 Å². The summed E-state index contributed by atoms with van der Waals surface area (Å²) in [5, 5.41) is 12.2. The highest BCUT2D eigenvalue weighted by Gasteiger charge is 2.38. The third kappa shape index (κ3) is 3.92. The summed E-state index contributed by atoms with van der Waals surface area (Å²) in [6.45, 7) is 5.11. The van der Waals surface area contributed by atoms with E-state index >= 15 is 0 Å². The molecular formula is C13H17ClN2O3. The number of nitrogens with zero attached hydrogens (tertiary/aromatic N) is 1. The Morgan fingerprint density at radius 1 is 1.53 bits per heavy atom. The first-order valence-electron chi connectivity index (χ1n) is 5.90. The second kappa shape index (κ2) is 6.02. The monoisotopic (exact) mass is 284 g/mol. The molecule has 0 bridgehead atoms. The molecule has 19 heavy (non-hydrogen) atoms. The van der Waals surface area contributed by atoms with Crippen LogP contribution in [0.15, 0.2) is 18.3 Å². The zero-order chi connectivity index (χ0) is 14.6. The van der Waals surface area contributed by atoms with E-state index in [9.17, 15) is 14.7 Å². The number of carboxylic acid groups (broad SMARTS) is 1. The SMILES string of the molecule is CC(C)C(C)(CC(=O)Nc1cc(Cl)ccn1)C(=O)O. The fraction of sp³-hybridized carbons (Fsp3) is 0.462. The number of aromatic nitrogens is 1. The van der Waals surface area contributed by atoms with Gasteiger partial charge in [-0.2, -0.15) is 0 Å². The maximum atomic E-state index is 11.9. The van der Waals surface area contributed by atoms with Crippen LogP contribution < -0.4 is 5.32 Å². The van der Waals surface area contributed by atoms with Crippen LogP contribution in [-0.2, 0) is 9.59 Å². The molecule has 2 N–H and O–H groups in total. The van der Waals surface area contributed by atoms with E-state index in [0.29, 0.717) is 10.8 Å². The maximum absolute atomic E-state index is 11.9. The Labute approximate surface area is 117 Å². The summed E-state index contributed by atoms with van der Waals surface area (Å²) in [6, 6.07) is 3.10. The zero-order valence-electron chi connectivity index (χ0n) is 11.1. The van der Waals surface area contributed by atoms with Gasteiger partial charge in [-0.15, -0.1) is 0 Å². The summed E-state index contributed by atoms with van der Waals surface area (Å²) in [6.07, 6.45) is 1.35. The van der Waals surface area contributed by atoms with Crippen molar-refractivity contribution in [1.82, 2.24) is 4.98 Å². The molecule has 5 nitrogen and oxygen atoms in total. The second-order valence-electron chi connectivity index (χ2n) is 4.96. The molecule has 1 aromatic rings. The van der Waals surface area contributed by atoms with Crippen molar-refractivity contribution in [3.63, 3.8) is 0 Å². The van der Waals surface area contributed by atoms with Crippen LogP contribution in [0.2, 0.25) is 5.02 Å². The Morgan fingerprint density at radius 2 is 2.16 bits per heavy atom. The van der Waals surface area contributed by atoms with Crippen LogP contribution in [0.5, 0.6) is 0 Å². The van der Waals surface area contributed by atoms with Crippen molar-refractivity contribution in [3.05, 3.63) is 23.4 Å². The Bertz CT molecular complexity index is 491. The van der Waals surface area contributed by atoms with Crippen molar-refractivity contribution < 1.29 is 14.7 Å². The number of anilines is 1. The van der Waals surface area contributed by atoms with E-state index in [1.807, 2.05) is 0 Å². The number of halogens is 1. The van der Waals surface area contributed by atoms with Crippen molar-refractivity contribution in [3.8, 4) is 0 Å². The minimum Gasteiger partial charge on any atom is -0.481 e. The molecule has 0 saturated carbocycles. The molecule has 0 fully saturated rings. The van der Waals surface area contributed by atoms with Crippen LogP contribution in [0.25, 0.3) is 0 Å². The summed E-state index contributed by atoms with van der Waals surface area (Å²) in [4.78, 5) is 27.1. The molecule has 0 aromatic carbocycles. The van der Waals surface area contributed by atoms with Crippen LogP contribution >= 0.6 is 11.6 Å². The third-order valence-corrected chi connectivity index (χ3v) is 3.52. The average molecular weight is 285 g/mol. The van der Waals surface area contributed by atoms with Gasteiger partial charge in [-0.3, -0.25) is 9.59 Å². The largest absolute Gasteiger partial charge is 0.481 e. The normalized spacial score (nSPS) is 13.9. The quantitative estimate of drug-likeness (QED) is 0.871. The minimum absolute atomic E-state index is 0.117. The first-order valence-corrected chi connectivity index (χ1v) is 6.28. The van der Waals surface area contributed by atoms with Gasteiger partial charge in [0.25, 0.3) is 0 Å². The van der Waals surface area contributed by atoms with Crippen LogP contribution in [0.1, 0.15) is 27.2 Å². The number of pyridine rings is 1. The first-order chi connectivity index (χ1) is 8.75. The third-order valence-electron chi connectivity index (χ3n) is 3.28. The van der Waals surface area contributed by atoms with E-state index < -0.39 is 17.3 Å². The van der Waals surface area contributed by atoms with Gasteiger partial charge in [-0.05, 0) is 25.0 Å². The molecule has 0 aliphatic rings. The van der Waals surface area contributed by atoms with E-state index in [4.69, 9.17) is 11.6 Å². The molecule has 0 radical (unpaired) electrons. The lowest BCUT2D eigenvalue weighted by Crippen LogP contribution is -2.37. The lowest BCUT2D eigenvalue weighted by atomic mass is 9.76. The number of carboxylic acids is 1. The predicted molar refractivity (Wildman–Crippen MR) is 73.1 cm³/mol. The highest BCUT2D eigenvalue weighted by atomic mass is 35.5. The van der Waals surface area contributed by atoms with Gasteiger partial charge in [0.2, 0.25) is 5.91 Å². The number of carbonyl (C=O) groups is 2. The van der Waals surface area contributed by atoms with Crippen LogP contribution in [0.3, 0.4) is 0 Å². The van der Waals surface area contributed by atoms with Crippen molar-refractivity contribution in [1.29, 1.82) is 0 Å². The van der Waals surface area contributed by atoms with Crippen LogP contribution in [0, 0.1) is 11.3 Å². The van der Waals surface area contributed by atoms with E-state index in [0.717, 1.165) is 0 Å². The molecule has 1 aromatic heterocycles. The van der Waals surface area contributed by atoms with Gasteiger partial charge in [0.15, 0.2) is 0 Å². The number of amides is 1. The number of hydrogen-bond donors (Lipinski definition) is 2. The van der Waals surface area contributed by atoms with Crippen molar-refractivity contribution >= 4 is 29.3 Å². The average Bonchev–Trinajstić information content (AvgIpc) is 2.27. The first kappa shape index (κ1) is 15.4. The number of hydrogen-bond acceptors (Lipinski definition) is 3. The molecule has 0 saturated heterocycles. The molecule has 1 atom stereocenters. The van der Waals surface area contributed by atoms with Crippen molar-refractivity contribution in [2.45, 2.75) is 27.2 Å². The molecule has 1 heterocycles. The Hall–Kier alpha value is -1.62. The molecular weight excluding hydrogens is 268 g/mol. The molecule has 0 aliphatic heterocycles. The minimum atomic E-state index is -1.11. The molecule has 1 unspecified atom stereocenters. The fourth-order valence-corrected chi connectivity index (χ4v) is 1.68. The van der Waals surface area contributed by atoms with E-state index in [2.05, 4.69) is 10.3 Å². The van der Waals surface area contributed by atoms with Crippen LogP contribution in [-0.4, -0.2) is 22.0 Å². The standard InChI is InChI=1S/C13H17ClN2O3/c1-8(2)13(3,12(18)19)7-11(17)16-10-6-9(14)4-5-15-10/h4-6,8H,7H2,1-3H3,(H,18,19)(H,15,16,17). The van der Waals surface area contributed by atoms with E-state index in [-0.39, 0.29) is 12.3 Å². The van der Waals surface area contributed by atoms with Gasteiger partial charge in [0.1, 0.15) is 5.82 Å². The molecule has 6 heteroatoms. The smallest absolute Gasteiger partial charge is 0.310 e. The Balaban J connectivity index is 2.77. The fourth-order valence-electron chi connectivity index (χ4n) is 1.52. The molecule has 1 amide bonds. The number of aliphatic carboxylic acids is 1. The molecule has 0 aliphatic carbocycles. The molecule has 0 spiro atoms. The van der Waals surface area contributed by atoms with Crippen molar-refractivity contribution in [2.24, 2.45) is 11.3 Å². The molecule has 104 valence electrons. The number of rotatable bonds is 5. The summed E-state index contributed by atoms with van der Waals surface area (Å²) in [7, 11) is 0. The zero-order valence-corrected chi connectivity index (χ0v) is 11.9. The summed E-state index contributed by atoms with van der Waals surface area (Å²) in [5.74, 6) is -1.23. The topological polar surface area (TPSA) is 79.3 Å². The molecule has 1 rings (SSSR count). The van der Waals surface area contributed by atoms with Crippen molar-refractivity contribution in [2.75, 3.05) is 5.32 Å². The Morgan fingerprint density at radius 3 is 2.63 bits per heavy atom. The summed E-state index contributed by atoms with van der Waals surface area (Å²) < 4.78 is 0. The lowest BCUT2D eigenvalue weighted by molar-refractivity contribution is -0.153.